The van der Waals surface area contributed by atoms with Gasteiger partial charge in [-0.1, -0.05) is 12.1 Å². The Morgan fingerprint density at radius 2 is 1.95 bits per heavy atom. The third-order valence-electron chi connectivity index (χ3n) is 4.53. The first-order chi connectivity index (χ1) is 9.71. The molecule has 2 fully saturated rings. The predicted octanol–water partition coefficient (Wildman–Crippen LogP) is 1.66. The van der Waals surface area contributed by atoms with Gasteiger partial charge in [0, 0.05) is 19.5 Å². The summed E-state index contributed by atoms with van der Waals surface area (Å²) in [6.45, 7) is 3.60. The quantitative estimate of drug-likeness (QED) is 0.888. The van der Waals surface area contributed by atoms with Crippen molar-refractivity contribution in [3.8, 4) is 6.07 Å². The molecule has 0 bridgehead atoms. The van der Waals surface area contributed by atoms with Crippen molar-refractivity contribution in [1.29, 1.82) is 5.26 Å². The summed E-state index contributed by atoms with van der Waals surface area (Å²) in [4.78, 5) is 14.2. The Morgan fingerprint density at radius 1 is 1.25 bits per heavy atom. The molecule has 1 spiro atoms. The first-order valence-electron chi connectivity index (χ1n) is 7.18. The van der Waals surface area contributed by atoms with E-state index in [9.17, 15) is 4.79 Å². The molecule has 0 aromatic heterocycles. The lowest BCUT2D eigenvalue weighted by atomic mass is 9.78. The van der Waals surface area contributed by atoms with E-state index >= 15 is 0 Å². The van der Waals surface area contributed by atoms with Crippen LogP contribution < -0.4 is 5.32 Å². The number of nitrogens with one attached hydrogen (secondary N) is 1. The number of amides is 1. The van der Waals surface area contributed by atoms with Gasteiger partial charge in [-0.2, -0.15) is 5.26 Å². The molecule has 0 radical (unpaired) electrons. The number of carbonyl (C=O) groups excluding carboxylic acids is 1. The fourth-order valence-corrected chi connectivity index (χ4v) is 3.32. The Bertz CT molecular complexity index is 538. The van der Waals surface area contributed by atoms with Crippen molar-refractivity contribution in [2.45, 2.75) is 25.8 Å². The standard InChI is InChI=1S/C16H19N3O/c17-10-13-1-3-14(4-2-13)11-19-12-16(9-15(19)20)5-7-18-8-6-16/h1-4,18H,5-9,11-12H2. The zero-order valence-electron chi connectivity index (χ0n) is 11.6. The highest BCUT2D eigenvalue weighted by Gasteiger charge is 2.43. The van der Waals surface area contributed by atoms with Crippen LogP contribution >= 0.6 is 0 Å². The summed E-state index contributed by atoms with van der Waals surface area (Å²) in [6, 6.07) is 9.63. The van der Waals surface area contributed by atoms with E-state index in [0.717, 1.165) is 38.0 Å². The minimum absolute atomic E-state index is 0.203. The fraction of sp³-hybridized carbons (Fsp3) is 0.500. The van der Waals surface area contributed by atoms with Crippen molar-refractivity contribution in [1.82, 2.24) is 10.2 Å². The highest BCUT2D eigenvalue weighted by Crippen LogP contribution is 2.39. The van der Waals surface area contributed by atoms with Gasteiger partial charge in [0.2, 0.25) is 5.91 Å². The number of piperidine rings is 1. The lowest BCUT2D eigenvalue weighted by Crippen LogP contribution is -2.38. The maximum Gasteiger partial charge on any atom is 0.223 e. The number of nitriles is 1. The largest absolute Gasteiger partial charge is 0.338 e. The third-order valence-corrected chi connectivity index (χ3v) is 4.53. The second-order valence-corrected chi connectivity index (χ2v) is 5.99. The number of nitrogens with zero attached hydrogens (tertiary/aromatic N) is 2. The summed E-state index contributed by atoms with van der Waals surface area (Å²) < 4.78 is 0. The summed E-state index contributed by atoms with van der Waals surface area (Å²) in [5, 5.41) is 12.2. The lowest BCUT2D eigenvalue weighted by molar-refractivity contribution is -0.128. The Hall–Kier alpha value is -1.86. The number of likely N-dealkylation sites (tertiary alicyclic amines) is 1. The molecular weight excluding hydrogens is 250 g/mol. The van der Waals surface area contributed by atoms with Gasteiger partial charge in [0.1, 0.15) is 0 Å². The molecule has 2 aliphatic rings. The second-order valence-electron chi connectivity index (χ2n) is 5.99. The molecule has 0 atom stereocenters. The van der Waals surface area contributed by atoms with Crippen LogP contribution in [0.3, 0.4) is 0 Å². The topological polar surface area (TPSA) is 56.1 Å². The minimum Gasteiger partial charge on any atom is -0.338 e. The first kappa shape index (κ1) is 13.1. The molecule has 4 heteroatoms. The summed E-state index contributed by atoms with van der Waals surface area (Å²) >= 11 is 0. The molecule has 20 heavy (non-hydrogen) atoms. The molecule has 104 valence electrons. The van der Waals surface area contributed by atoms with Crippen molar-refractivity contribution in [2.75, 3.05) is 19.6 Å². The van der Waals surface area contributed by atoms with Gasteiger partial charge in [-0.15, -0.1) is 0 Å². The van der Waals surface area contributed by atoms with E-state index in [1.807, 2.05) is 29.2 Å². The molecule has 1 aromatic carbocycles. The van der Waals surface area contributed by atoms with E-state index in [1.54, 1.807) is 0 Å². The van der Waals surface area contributed by atoms with Crippen LogP contribution in [0.1, 0.15) is 30.4 Å². The fourth-order valence-electron chi connectivity index (χ4n) is 3.32. The van der Waals surface area contributed by atoms with Gasteiger partial charge in [-0.05, 0) is 49.0 Å². The summed E-state index contributed by atoms with van der Waals surface area (Å²) in [5.41, 5.74) is 1.97. The highest BCUT2D eigenvalue weighted by atomic mass is 16.2. The van der Waals surface area contributed by atoms with Gasteiger partial charge in [0.25, 0.3) is 0 Å². The maximum atomic E-state index is 12.2. The average molecular weight is 269 g/mol. The molecule has 2 heterocycles. The summed E-state index contributed by atoms with van der Waals surface area (Å²) in [7, 11) is 0. The van der Waals surface area contributed by atoms with Crippen LogP contribution in [0.15, 0.2) is 24.3 Å². The van der Waals surface area contributed by atoms with Gasteiger partial charge in [0.15, 0.2) is 0 Å². The first-order valence-corrected chi connectivity index (χ1v) is 7.18. The molecule has 2 saturated heterocycles. The number of carbonyl (C=O) groups is 1. The third kappa shape index (κ3) is 2.54. The number of benzene rings is 1. The van der Waals surface area contributed by atoms with Crippen LogP contribution in [-0.4, -0.2) is 30.4 Å². The summed E-state index contributed by atoms with van der Waals surface area (Å²) in [5.74, 6) is 0.274. The van der Waals surface area contributed by atoms with E-state index in [-0.39, 0.29) is 11.3 Å². The molecule has 0 aliphatic carbocycles. The van der Waals surface area contributed by atoms with E-state index < -0.39 is 0 Å². The second kappa shape index (κ2) is 5.26. The van der Waals surface area contributed by atoms with Crippen molar-refractivity contribution in [2.24, 2.45) is 5.41 Å². The lowest BCUT2D eigenvalue weighted by Gasteiger charge is -2.33. The number of hydrogen-bond donors (Lipinski definition) is 1. The van der Waals surface area contributed by atoms with Crippen LogP contribution in [-0.2, 0) is 11.3 Å². The maximum absolute atomic E-state index is 12.2. The molecule has 1 aromatic rings. The Kier molecular flexibility index (Phi) is 3.45. The zero-order chi connectivity index (χ0) is 14.0. The van der Waals surface area contributed by atoms with E-state index in [0.29, 0.717) is 18.5 Å². The van der Waals surface area contributed by atoms with E-state index in [1.165, 1.54) is 0 Å². The van der Waals surface area contributed by atoms with Crippen LogP contribution in [0.5, 0.6) is 0 Å². The smallest absolute Gasteiger partial charge is 0.223 e. The van der Waals surface area contributed by atoms with Gasteiger partial charge >= 0.3 is 0 Å². The Balaban J connectivity index is 1.68. The highest BCUT2D eigenvalue weighted by molar-refractivity contribution is 5.79. The molecule has 0 saturated carbocycles. The van der Waals surface area contributed by atoms with E-state index in [4.69, 9.17) is 5.26 Å². The Labute approximate surface area is 119 Å². The number of hydrogen-bond acceptors (Lipinski definition) is 3. The van der Waals surface area contributed by atoms with Crippen molar-refractivity contribution in [3.05, 3.63) is 35.4 Å². The molecule has 4 nitrogen and oxygen atoms in total. The van der Waals surface area contributed by atoms with Gasteiger partial charge in [-0.25, -0.2) is 0 Å². The van der Waals surface area contributed by atoms with Crippen LogP contribution in [0.25, 0.3) is 0 Å². The van der Waals surface area contributed by atoms with Crippen LogP contribution in [0.2, 0.25) is 0 Å². The minimum atomic E-state index is 0.203. The SMILES string of the molecule is N#Cc1ccc(CN2CC3(CCNCC3)CC2=O)cc1. The van der Waals surface area contributed by atoms with Gasteiger partial charge < -0.3 is 10.2 Å². The molecule has 2 aliphatic heterocycles. The van der Waals surface area contributed by atoms with Gasteiger partial charge in [-0.3, -0.25) is 4.79 Å². The monoisotopic (exact) mass is 269 g/mol. The number of rotatable bonds is 2. The molecule has 0 unspecified atom stereocenters. The van der Waals surface area contributed by atoms with E-state index in [2.05, 4.69) is 11.4 Å². The molecule has 1 N–H and O–H groups in total. The van der Waals surface area contributed by atoms with Crippen LogP contribution in [0, 0.1) is 16.7 Å². The average Bonchev–Trinajstić information content (AvgIpc) is 2.76. The van der Waals surface area contributed by atoms with Gasteiger partial charge in [0.05, 0.1) is 11.6 Å². The Morgan fingerprint density at radius 3 is 2.60 bits per heavy atom. The van der Waals surface area contributed by atoms with Crippen molar-refractivity contribution in [3.63, 3.8) is 0 Å². The summed E-state index contributed by atoms with van der Waals surface area (Å²) in [6.07, 6.45) is 2.90. The molecule has 1 amide bonds. The zero-order valence-corrected chi connectivity index (χ0v) is 11.6. The molecular formula is C16H19N3O. The molecule has 3 rings (SSSR count). The van der Waals surface area contributed by atoms with Crippen molar-refractivity contribution >= 4 is 5.91 Å². The predicted molar refractivity (Wildman–Crippen MR) is 75.7 cm³/mol. The van der Waals surface area contributed by atoms with Crippen LogP contribution in [0.4, 0.5) is 0 Å². The van der Waals surface area contributed by atoms with Crippen molar-refractivity contribution < 1.29 is 4.79 Å². The normalized spacial score (nSPS) is 21.1.